The average Bonchev–Trinajstić information content (AvgIpc) is 3.03. The van der Waals surface area contributed by atoms with E-state index < -0.39 is 34.6 Å². The summed E-state index contributed by atoms with van der Waals surface area (Å²) >= 11 is 6.50. The number of pyridine rings is 1. The third kappa shape index (κ3) is 6.64. The fraction of sp³-hybridized carbons (Fsp3) is 0.242. The van der Waals surface area contributed by atoms with Crippen molar-refractivity contribution in [2.75, 3.05) is 49.7 Å². The van der Waals surface area contributed by atoms with Crippen LogP contribution in [-0.2, 0) is 23.5 Å². The summed E-state index contributed by atoms with van der Waals surface area (Å²) in [6, 6.07) is 19.2. The summed E-state index contributed by atoms with van der Waals surface area (Å²) in [7, 11) is 0.740. The van der Waals surface area contributed by atoms with Gasteiger partial charge in [0.25, 0.3) is 5.56 Å². The van der Waals surface area contributed by atoms with Gasteiger partial charge in [-0.2, -0.15) is 18.2 Å². The Morgan fingerprint density at radius 2 is 1.67 bits per heavy atom. The third-order valence-corrected chi connectivity index (χ3v) is 9.28. The molecule has 0 saturated carbocycles. The molecule has 238 valence electrons. The second-order valence-electron chi connectivity index (χ2n) is 11.1. The van der Waals surface area contributed by atoms with Crippen LogP contribution in [0.3, 0.4) is 0 Å². The number of aromatic nitrogens is 3. The first kappa shape index (κ1) is 31.7. The lowest BCUT2D eigenvalue weighted by molar-refractivity contribution is -0.138. The summed E-state index contributed by atoms with van der Waals surface area (Å²) < 4.78 is 55.4. The van der Waals surface area contributed by atoms with Gasteiger partial charge in [-0.3, -0.25) is 13.6 Å². The maximum Gasteiger partial charge on any atom is 0.416 e. The molecule has 8 nitrogen and oxygen atoms in total. The van der Waals surface area contributed by atoms with Gasteiger partial charge in [-0.05, 0) is 67.2 Å². The van der Waals surface area contributed by atoms with Crippen molar-refractivity contribution in [1.82, 2.24) is 19.4 Å². The van der Waals surface area contributed by atoms with Gasteiger partial charge in [0.2, 0.25) is 5.95 Å². The number of benzene rings is 3. The molecule has 0 amide bonds. The highest BCUT2D eigenvalue weighted by molar-refractivity contribution is 7.84. The van der Waals surface area contributed by atoms with Gasteiger partial charge in [-0.15, -0.1) is 0 Å². The molecule has 6 rings (SSSR count). The molecular formula is C33H30ClF3N6O2S. The minimum Gasteiger partial charge on any atom is -0.369 e. The molecule has 0 spiro atoms. The van der Waals surface area contributed by atoms with Crippen LogP contribution in [0.25, 0.3) is 22.2 Å². The molecule has 1 fully saturated rings. The van der Waals surface area contributed by atoms with E-state index in [0.29, 0.717) is 21.5 Å². The highest BCUT2D eigenvalue weighted by atomic mass is 35.5. The molecule has 1 N–H and O–H groups in total. The zero-order chi connectivity index (χ0) is 32.6. The highest BCUT2D eigenvalue weighted by Crippen LogP contribution is 2.34. The van der Waals surface area contributed by atoms with E-state index >= 15 is 0 Å². The molecule has 46 heavy (non-hydrogen) atoms. The van der Waals surface area contributed by atoms with Crippen molar-refractivity contribution in [3.63, 3.8) is 0 Å². The molecular weight excluding hydrogens is 637 g/mol. The predicted octanol–water partition coefficient (Wildman–Crippen LogP) is 6.41. The number of anilines is 3. The minimum absolute atomic E-state index is 0.0994. The van der Waals surface area contributed by atoms with Crippen LogP contribution in [0.2, 0.25) is 5.02 Å². The molecule has 1 saturated heterocycles. The van der Waals surface area contributed by atoms with Crippen LogP contribution in [-0.4, -0.2) is 63.1 Å². The summed E-state index contributed by atoms with van der Waals surface area (Å²) in [4.78, 5) is 28.2. The molecule has 1 unspecified atom stereocenters. The maximum absolute atomic E-state index is 14.1. The molecule has 13 heteroatoms. The molecule has 0 radical (unpaired) electrons. The van der Waals surface area contributed by atoms with Gasteiger partial charge in [0.15, 0.2) is 0 Å². The number of rotatable bonds is 7. The van der Waals surface area contributed by atoms with Crippen molar-refractivity contribution in [2.45, 2.75) is 17.6 Å². The summed E-state index contributed by atoms with van der Waals surface area (Å²) in [6.45, 7) is 3.42. The molecule has 0 bridgehead atoms. The van der Waals surface area contributed by atoms with E-state index in [1.807, 2.05) is 24.3 Å². The van der Waals surface area contributed by atoms with Crippen LogP contribution in [0.1, 0.15) is 11.1 Å². The normalized spacial score (nSPS) is 14.9. The predicted molar refractivity (Wildman–Crippen MR) is 177 cm³/mol. The first-order valence-electron chi connectivity index (χ1n) is 14.5. The van der Waals surface area contributed by atoms with Gasteiger partial charge in [-0.25, -0.2) is 4.98 Å². The Bertz CT molecular complexity index is 1990. The van der Waals surface area contributed by atoms with Crippen molar-refractivity contribution in [3.05, 3.63) is 105 Å². The monoisotopic (exact) mass is 666 g/mol. The SMILES string of the molecule is CN1CCN(c2ccc(Nc3ncc4cc(-c5cc(S(C)=O)ccc5Cl)c(=O)n(Cc5ccccc5C(F)(F)F)c4n3)cc2)CC1. The fourth-order valence-corrected chi connectivity index (χ4v) is 6.27. The molecule has 1 atom stereocenters. The maximum atomic E-state index is 14.1. The zero-order valence-corrected chi connectivity index (χ0v) is 26.6. The Morgan fingerprint density at radius 1 is 0.957 bits per heavy atom. The smallest absolute Gasteiger partial charge is 0.369 e. The van der Waals surface area contributed by atoms with Crippen LogP contribution in [0.4, 0.5) is 30.5 Å². The zero-order valence-electron chi connectivity index (χ0n) is 25.0. The van der Waals surface area contributed by atoms with Crippen LogP contribution in [0.15, 0.2) is 88.7 Å². The van der Waals surface area contributed by atoms with Gasteiger partial charge in [-0.1, -0.05) is 29.8 Å². The van der Waals surface area contributed by atoms with E-state index in [-0.39, 0.29) is 27.7 Å². The number of alkyl halides is 3. The lowest BCUT2D eigenvalue weighted by Crippen LogP contribution is -2.44. The van der Waals surface area contributed by atoms with Crippen molar-refractivity contribution >= 4 is 50.8 Å². The van der Waals surface area contributed by atoms with Crippen LogP contribution in [0.5, 0.6) is 0 Å². The van der Waals surface area contributed by atoms with Crippen LogP contribution >= 0.6 is 11.6 Å². The van der Waals surface area contributed by atoms with Crippen LogP contribution in [0, 0.1) is 0 Å². The topological polar surface area (TPSA) is 83.4 Å². The molecule has 3 heterocycles. The summed E-state index contributed by atoms with van der Waals surface area (Å²) in [5.74, 6) is 0.172. The van der Waals surface area contributed by atoms with E-state index in [4.69, 9.17) is 11.6 Å². The molecule has 1 aliphatic heterocycles. The lowest BCUT2D eigenvalue weighted by Gasteiger charge is -2.34. The number of hydrogen-bond donors (Lipinski definition) is 1. The lowest BCUT2D eigenvalue weighted by atomic mass is 10.0. The molecule has 2 aromatic heterocycles. The van der Waals surface area contributed by atoms with E-state index in [1.165, 1.54) is 35.2 Å². The van der Waals surface area contributed by atoms with Gasteiger partial charge in [0, 0.05) is 87.2 Å². The number of fused-ring (bicyclic) bond motifs is 1. The molecule has 1 aliphatic rings. The van der Waals surface area contributed by atoms with E-state index in [1.54, 1.807) is 24.3 Å². The van der Waals surface area contributed by atoms with Crippen molar-refractivity contribution in [1.29, 1.82) is 0 Å². The first-order valence-corrected chi connectivity index (χ1v) is 16.4. The van der Waals surface area contributed by atoms with Crippen molar-refractivity contribution in [2.24, 2.45) is 0 Å². The summed E-state index contributed by atoms with van der Waals surface area (Å²) in [6.07, 6.45) is -1.62. The third-order valence-electron chi connectivity index (χ3n) is 8.03. The van der Waals surface area contributed by atoms with Gasteiger partial charge in [0.1, 0.15) is 5.65 Å². The van der Waals surface area contributed by atoms with Gasteiger partial charge < -0.3 is 15.1 Å². The fourth-order valence-electron chi connectivity index (χ4n) is 5.50. The number of nitrogens with one attached hydrogen (secondary N) is 1. The average molecular weight is 667 g/mol. The largest absolute Gasteiger partial charge is 0.416 e. The molecule has 0 aliphatic carbocycles. The number of likely N-dealkylation sites (N-methyl/N-ethyl adjacent to an activating group) is 1. The number of nitrogens with zero attached hydrogens (tertiary/aromatic N) is 5. The Labute approximate surface area is 270 Å². The quantitative estimate of drug-likeness (QED) is 0.215. The van der Waals surface area contributed by atoms with E-state index in [9.17, 15) is 22.2 Å². The van der Waals surface area contributed by atoms with Crippen molar-refractivity contribution < 1.29 is 17.4 Å². The second kappa shape index (κ2) is 12.9. The van der Waals surface area contributed by atoms with E-state index in [0.717, 1.165) is 37.9 Å². The van der Waals surface area contributed by atoms with Crippen LogP contribution < -0.4 is 15.8 Å². The Kier molecular flexibility index (Phi) is 8.86. The van der Waals surface area contributed by atoms with E-state index in [2.05, 4.69) is 32.1 Å². The summed E-state index contributed by atoms with van der Waals surface area (Å²) in [5.41, 5.74) is 0.821. The Hall–Kier alpha value is -4.26. The van der Waals surface area contributed by atoms with Gasteiger partial charge in [0.05, 0.1) is 12.1 Å². The first-order chi connectivity index (χ1) is 22.0. The van der Waals surface area contributed by atoms with Crippen molar-refractivity contribution in [3.8, 4) is 11.1 Å². The second-order valence-corrected chi connectivity index (χ2v) is 12.9. The summed E-state index contributed by atoms with van der Waals surface area (Å²) in [5, 5.41) is 3.80. The molecule has 3 aromatic carbocycles. The Balaban J connectivity index is 1.43. The van der Waals surface area contributed by atoms with Gasteiger partial charge >= 0.3 is 6.18 Å². The number of halogens is 4. The highest BCUT2D eigenvalue weighted by Gasteiger charge is 2.33. The Morgan fingerprint density at radius 3 is 2.37 bits per heavy atom. The molecule has 5 aromatic rings. The number of hydrogen-bond acceptors (Lipinski definition) is 7. The number of piperazine rings is 1. The minimum atomic E-state index is -4.63. The standard InChI is InChI=1S/C33H30ClF3N6O2S/c1-41-13-15-42(16-14-41)24-9-7-23(8-10-24)39-32-38-19-22-17-27(26-18-25(46(2)45)11-12-29(26)34)31(44)43(30(22)40-32)20-21-5-3-4-6-28(21)33(35,36)37/h3-12,17-19H,13-16,20H2,1-2H3,(H,38,39,40).